The number of carbonyl (C=O) groups is 1. The molecule has 1 aliphatic rings. The van der Waals surface area contributed by atoms with E-state index in [1.54, 1.807) is 11.8 Å². The van der Waals surface area contributed by atoms with E-state index < -0.39 is 0 Å². The molecular weight excluding hydrogens is 292 g/mol. The molecule has 1 unspecified atom stereocenters. The lowest BCUT2D eigenvalue weighted by molar-refractivity contribution is -0.131. The van der Waals surface area contributed by atoms with Crippen LogP contribution in [0.15, 0.2) is 29.2 Å². The quantitative estimate of drug-likeness (QED) is 0.868. The molecule has 0 spiro atoms. The van der Waals surface area contributed by atoms with Gasteiger partial charge in [-0.1, -0.05) is 32.9 Å². The van der Waals surface area contributed by atoms with E-state index >= 15 is 0 Å². The van der Waals surface area contributed by atoms with Crippen LogP contribution in [-0.4, -0.2) is 35.2 Å². The third kappa shape index (κ3) is 4.50. The van der Waals surface area contributed by atoms with Crippen LogP contribution < -0.4 is 5.73 Å². The second-order valence-corrected chi connectivity index (χ2v) is 8.61. The molecule has 0 saturated carbocycles. The maximum Gasteiger partial charge on any atom is 0.235 e. The standard InChI is InChI=1S/C18H28N2OS/c1-13(17(21)20-11-9-15(19)10-12-20)22-16-7-5-14(6-8-16)18(2,3)4/h5-8,13,15H,9-12,19H2,1-4H3. The molecule has 2 rings (SSSR count). The van der Waals surface area contributed by atoms with Gasteiger partial charge in [0.2, 0.25) is 5.91 Å². The van der Waals surface area contributed by atoms with E-state index in [1.165, 1.54) is 5.56 Å². The average Bonchev–Trinajstić information content (AvgIpc) is 2.47. The number of amides is 1. The number of carbonyl (C=O) groups excluding carboxylic acids is 1. The van der Waals surface area contributed by atoms with Gasteiger partial charge in [-0.25, -0.2) is 0 Å². The Morgan fingerprint density at radius 1 is 1.23 bits per heavy atom. The zero-order valence-electron chi connectivity index (χ0n) is 14.1. The van der Waals surface area contributed by atoms with Crippen molar-refractivity contribution in [3.05, 3.63) is 29.8 Å². The fourth-order valence-corrected chi connectivity index (χ4v) is 3.62. The van der Waals surface area contributed by atoms with Crippen molar-refractivity contribution in [2.24, 2.45) is 5.73 Å². The average molecular weight is 321 g/mol. The summed E-state index contributed by atoms with van der Waals surface area (Å²) < 4.78 is 0. The van der Waals surface area contributed by atoms with E-state index in [-0.39, 0.29) is 22.6 Å². The molecule has 1 aromatic carbocycles. The summed E-state index contributed by atoms with van der Waals surface area (Å²) >= 11 is 1.64. The van der Waals surface area contributed by atoms with Crippen LogP contribution >= 0.6 is 11.8 Å². The first-order valence-corrected chi connectivity index (χ1v) is 8.97. The van der Waals surface area contributed by atoms with Crippen LogP contribution in [0.2, 0.25) is 0 Å². The van der Waals surface area contributed by atoms with Crippen LogP contribution in [-0.2, 0) is 10.2 Å². The highest BCUT2D eigenvalue weighted by Crippen LogP contribution is 2.28. The van der Waals surface area contributed by atoms with E-state index in [9.17, 15) is 4.79 Å². The van der Waals surface area contributed by atoms with Crippen LogP contribution in [0.1, 0.15) is 46.1 Å². The molecule has 1 amide bonds. The van der Waals surface area contributed by atoms with E-state index in [0.717, 1.165) is 30.8 Å². The number of nitrogens with two attached hydrogens (primary N) is 1. The van der Waals surface area contributed by atoms with Gasteiger partial charge in [-0.2, -0.15) is 0 Å². The molecule has 1 atom stereocenters. The minimum atomic E-state index is -0.0465. The van der Waals surface area contributed by atoms with Gasteiger partial charge in [0.1, 0.15) is 0 Å². The molecule has 0 radical (unpaired) electrons. The SMILES string of the molecule is CC(Sc1ccc(C(C)(C)C)cc1)C(=O)N1CCC(N)CC1. The Balaban J connectivity index is 1.93. The van der Waals surface area contributed by atoms with Crippen molar-refractivity contribution in [3.8, 4) is 0 Å². The molecule has 3 nitrogen and oxygen atoms in total. The summed E-state index contributed by atoms with van der Waals surface area (Å²) in [6.07, 6.45) is 1.84. The van der Waals surface area contributed by atoms with Gasteiger partial charge in [0.25, 0.3) is 0 Å². The van der Waals surface area contributed by atoms with Gasteiger partial charge in [-0.15, -0.1) is 11.8 Å². The van der Waals surface area contributed by atoms with Crippen molar-refractivity contribution in [2.75, 3.05) is 13.1 Å². The van der Waals surface area contributed by atoms with Crippen LogP contribution in [0.4, 0.5) is 0 Å². The van der Waals surface area contributed by atoms with E-state index in [2.05, 4.69) is 45.0 Å². The second-order valence-electron chi connectivity index (χ2n) is 7.20. The van der Waals surface area contributed by atoms with Crippen molar-refractivity contribution in [3.63, 3.8) is 0 Å². The molecule has 0 aromatic heterocycles. The number of benzene rings is 1. The summed E-state index contributed by atoms with van der Waals surface area (Å²) in [5.41, 5.74) is 7.39. The van der Waals surface area contributed by atoms with Crippen LogP contribution in [0.5, 0.6) is 0 Å². The maximum absolute atomic E-state index is 12.5. The van der Waals surface area contributed by atoms with E-state index in [0.29, 0.717) is 0 Å². The summed E-state index contributed by atoms with van der Waals surface area (Å²) in [4.78, 5) is 15.6. The molecule has 0 bridgehead atoms. The van der Waals surface area contributed by atoms with Crippen molar-refractivity contribution >= 4 is 17.7 Å². The van der Waals surface area contributed by atoms with Crippen LogP contribution in [0.3, 0.4) is 0 Å². The highest BCUT2D eigenvalue weighted by molar-refractivity contribution is 8.00. The highest BCUT2D eigenvalue weighted by atomic mass is 32.2. The Kier molecular flexibility index (Phi) is 5.56. The predicted octanol–water partition coefficient (Wildman–Crippen LogP) is 3.41. The van der Waals surface area contributed by atoms with Crippen molar-refractivity contribution in [1.29, 1.82) is 0 Å². The minimum Gasteiger partial charge on any atom is -0.342 e. The van der Waals surface area contributed by atoms with Gasteiger partial charge in [0, 0.05) is 24.0 Å². The van der Waals surface area contributed by atoms with Gasteiger partial charge in [-0.05, 0) is 42.9 Å². The lowest BCUT2D eigenvalue weighted by Gasteiger charge is -2.32. The first-order valence-electron chi connectivity index (χ1n) is 8.09. The van der Waals surface area contributed by atoms with Gasteiger partial charge >= 0.3 is 0 Å². The topological polar surface area (TPSA) is 46.3 Å². The molecule has 2 N–H and O–H groups in total. The fraction of sp³-hybridized carbons (Fsp3) is 0.611. The summed E-state index contributed by atoms with van der Waals surface area (Å²) in [5, 5.41) is -0.0465. The summed E-state index contributed by atoms with van der Waals surface area (Å²) in [6.45, 7) is 10.2. The van der Waals surface area contributed by atoms with Gasteiger partial charge in [-0.3, -0.25) is 4.79 Å². The minimum absolute atomic E-state index is 0.0465. The zero-order valence-corrected chi connectivity index (χ0v) is 15.0. The Labute approximate surface area is 138 Å². The first kappa shape index (κ1) is 17.4. The number of piperidine rings is 1. The number of hydrogen-bond acceptors (Lipinski definition) is 3. The lowest BCUT2D eigenvalue weighted by atomic mass is 9.87. The molecule has 1 saturated heterocycles. The molecule has 4 heteroatoms. The number of rotatable bonds is 3. The predicted molar refractivity (Wildman–Crippen MR) is 94.3 cm³/mol. The second kappa shape index (κ2) is 7.05. The Morgan fingerprint density at radius 3 is 2.27 bits per heavy atom. The number of hydrogen-bond donors (Lipinski definition) is 1. The Bertz CT molecular complexity index is 499. The van der Waals surface area contributed by atoms with Crippen molar-refractivity contribution in [1.82, 2.24) is 4.90 Å². The van der Waals surface area contributed by atoms with E-state index in [1.807, 2.05) is 11.8 Å². The van der Waals surface area contributed by atoms with Crippen molar-refractivity contribution < 1.29 is 4.79 Å². The maximum atomic E-state index is 12.5. The summed E-state index contributed by atoms with van der Waals surface area (Å²) in [6, 6.07) is 8.85. The van der Waals surface area contributed by atoms with Gasteiger partial charge < -0.3 is 10.6 Å². The summed E-state index contributed by atoms with van der Waals surface area (Å²) in [5.74, 6) is 0.233. The molecule has 1 heterocycles. The van der Waals surface area contributed by atoms with Gasteiger partial charge in [0.15, 0.2) is 0 Å². The molecule has 122 valence electrons. The Morgan fingerprint density at radius 2 is 1.77 bits per heavy atom. The number of thioether (sulfide) groups is 1. The molecule has 0 aliphatic carbocycles. The lowest BCUT2D eigenvalue weighted by Crippen LogP contribution is -2.45. The van der Waals surface area contributed by atoms with E-state index in [4.69, 9.17) is 5.73 Å². The normalized spacial score (nSPS) is 18.3. The molecular formula is C18H28N2OS. The molecule has 1 aromatic rings. The third-order valence-electron chi connectivity index (χ3n) is 4.23. The number of likely N-dealkylation sites (tertiary alicyclic amines) is 1. The van der Waals surface area contributed by atoms with Crippen LogP contribution in [0.25, 0.3) is 0 Å². The van der Waals surface area contributed by atoms with Crippen molar-refractivity contribution in [2.45, 2.75) is 62.1 Å². The fourth-order valence-electron chi connectivity index (χ4n) is 2.66. The number of nitrogens with zero attached hydrogens (tertiary/aromatic N) is 1. The first-order chi connectivity index (χ1) is 10.3. The third-order valence-corrected chi connectivity index (χ3v) is 5.33. The molecule has 1 fully saturated rings. The molecule has 1 aliphatic heterocycles. The highest BCUT2D eigenvalue weighted by Gasteiger charge is 2.25. The smallest absolute Gasteiger partial charge is 0.235 e. The molecule has 22 heavy (non-hydrogen) atoms. The summed E-state index contributed by atoms with van der Waals surface area (Å²) in [7, 11) is 0. The largest absolute Gasteiger partial charge is 0.342 e. The van der Waals surface area contributed by atoms with Gasteiger partial charge in [0.05, 0.1) is 5.25 Å². The zero-order chi connectivity index (χ0) is 16.3. The Hall–Kier alpha value is -1.00. The van der Waals surface area contributed by atoms with Crippen LogP contribution in [0, 0.1) is 0 Å². The monoisotopic (exact) mass is 320 g/mol.